The fourth-order valence-electron chi connectivity index (χ4n) is 2.59. The molecule has 168 valence electrons. The number of hydrogen-bond acceptors (Lipinski definition) is 9. The molecule has 0 atom stereocenters. The number of thioether (sulfide) groups is 2. The Morgan fingerprint density at radius 1 is 1.12 bits per heavy atom. The van der Waals surface area contributed by atoms with Gasteiger partial charge in [-0.3, -0.25) is 19.7 Å². The van der Waals surface area contributed by atoms with Gasteiger partial charge in [0.05, 0.1) is 17.9 Å². The second-order valence-electron chi connectivity index (χ2n) is 6.45. The molecular formula is C20H22N6O3S3. The van der Waals surface area contributed by atoms with Crippen LogP contribution in [0.5, 0.6) is 0 Å². The van der Waals surface area contributed by atoms with E-state index in [1.165, 1.54) is 17.4 Å². The van der Waals surface area contributed by atoms with Gasteiger partial charge in [-0.25, -0.2) is 4.98 Å². The van der Waals surface area contributed by atoms with E-state index >= 15 is 0 Å². The molecule has 2 amide bonds. The molecule has 0 radical (unpaired) electrons. The number of nitrogens with zero attached hydrogens (tertiary/aromatic N) is 3. The standard InChI is InChI=1S/C20H22N6O3S3/c1-2-30-20-26-25-19(32-20)24-17(29)12-31-18-22-14(11-16(28)23-18)10-15(27)21-9-8-13-6-4-3-5-7-13/h3-7,11H,2,8-10,12H2,1H3,(H,21,27)(H,22,23,28)(H,24,25,29). The average molecular weight is 491 g/mol. The van der Waals surface area contributed by atoms with Crippen LogP contribution in [0.2, 0.25) is 0 Å². The highest BCUT2D eigenvalue weighted by atomic mass is 32.2. The molecule has 0 spiro atoms. The summed E-state index contributed by atoms with van der Waals surface area (Å²) in [6.45, 7) is 2.51. The molecule has 0 saturated carbocycles. The van der Waals surface area contributed by atoms with Gasteiger partial charge in [0, 0.05) is 12.6 Å². The SMILES string of the molecule is CCSc1nnc(NC(=O)CSc2nc(CC(=O)NCCc3ccccc3)cc(=O)[nH]2)s1. The minimum atomic E-state index is -0.375. The van der Waals surface area contributed by atoms with Crippen molar-refractivity contribution in [2.45, 2.75) is 29.3 Å². The van der Waals surface area contributed by atoms with Crippen LogP contribution in [0.15, 0.2) is 50.7 Å². The molecule has 3 N–H and O–H groups in total. The average Bonchev–Trinajstić information content (AvgIpc) is 3.20. The van der Waals surface area contributed by atoms with Gasteiger partial charge in [0.2, 0.25) is 16.9 Å². The zero-order valence-electron chi connectivity index (χ0n) is 17.3. The number of amides is 2. The number of benzene rings is 1. The molecule has 3 aromatic rings. The van der Waals surface area contributed by atoms with Crippen LogP contribution in [0.3, 0.4) is 0 Å². The van der Waals surface area contributed by atoms with Crippen LogP contribution < -0.4 is 16.2 Å². The first-order chi connectivity index (χ1) is 15.5. The highest BCUT2D eigenvalue weighted by Crippen LogP contribution is 2.25. The topological polar surface area (TPSA) is 130 Å². The summed E-state index contributed by atoms with van der Waals surface area (Å²) in [5.74, 6) is 0.403. The zero-order valence-corrected chi connectivity index (χ0v) is 19.7. The summed E-state index contributed by atoms with van der Waals surface area (Å²) in [5.41, 5.74) is 1.10. The summed E-state index contributed by atoms with van der Waals surface area (Å²) in [5, 5.41) is 14.1. The number of H-pyrrole nitrogens is 1. The molecule has 1 aromatic carbocycles. The van der Waals surface area contributed by atoms with Crippen LogP contribution in [-0.4, -0.2) is 50.0 Å². The number of carbonyl (C=O) groups is 2. The number of rotatable bonds is 11. The van der Waals surface area contributed by atoms with Crippen LogP contribution in [-0.2, 0) is 22.4 Å². The third-order valence-electron chi connectivity index (χ3n) is 3.95. The Bertz CT molecular complexity index is 1100. The van der Waals surface area contributed by atoms with Gasteiger partial charge < -0.3 is 10.3 Å². The van der Waals surface area contributed by atoms with E-state index in [2.05, 4.69) is 30.8 Å². The van der Waals surface area contributed by atoms with Crippen LogP contribution in [0.4, 0.5) is 5.13 Å². The normalized spacial score (nSPS) is 10.7. The second-order valence-corrected chi connectivity index (χ2v) is 9.90. The van der Waals surface area contributed by atoms with Crippen molar-refractivity contribution in [2.75, 3.05) is 23.4 Å². The highest BCUT2D eigenvalue weighted by Gasteiger charge is 2.12. The van der Waals surface area contributed by atoms with Gasteiger partial charge in [0.15, 0.2) is 9.50 Å². The van der Waals surface area contributed by atoms with Crippen molar-refractivity contribution < 1.29 is 9.59 Å². The van der Waals surface area contributed by atoms with E-state index in [-0.39, 0.29) is 34.7 Å². The van der Waals surface area contributed by atoms with Gasteiger partial charge in [0.1, 0.15) is 0 Å². The monoisotopic (exact) mass is 490 g/mol. The van der Waals surface area contributed by atoms with Gasteiger partial charge in [0.25, 0.3) is 5.56 Å². The van der Waals surface area contributed by atoms with E-state index in [9.17, 15) is 14.4 Å². The quantitative estimate of drug-likeness (QED) is 0.212. The van der Waals surface area contributed by atoms with Crippen LogP contribution in [0, 0.1) is 0 Å². The fourth-order valence-corrected chi connectivity index (χ4v) is 4.95. The van der Waals surface area contributed by atoms with Crippen molar-refractivity contribution in [1.82, 2.24) is 25.5 Å². The summed E-state index contributed by atoms with van der Waals surface area (Å²) in [4.78, 5) is 43.1. The maximum atomic E-state index is 12.2. The Labute approximate surface area is 197 Å². The summed E-state index contributed by atoms with van der Waals surface area (Å²) in [6, 6.07) is 11.1. The van der Waals surface area contributed by atoms with Gasteiger partial charge in [-0.15, -0.1) is 10.2 Å². The summed E-state index contributed by atoms with van der Waals surface area (Å²) in [7, 11) is 0. The molecule has 0 aliphatic rings. The zero-order chi connectivity index (χ0) is 22.8. The lowest BCUT2D eigenvalue weighted by Gasteiger charge is -2.06. The lowest BCUT2D eigenvalue weighted by molar-refractivity contribution is -0.120. The Hall–Kier alpha value is -2.70. The van der Waals surface area contributed by atoms with E-state index in [0.29, 0.717) is 17.4 Å². The van der Waals surface area contributed by atoms with Crippen molar-refractivity contribution >= 4 is 51.8 Å². The number of hydrogen-bond donors (Lipinski definition) is 3. The fraction of sp³-hybridized carbons (Fsp3) is 0.300. The van der Waals surface area contributed by atoms with Crippen LogP contribution in [0.25, 0.3) is 0 Å². The predicted molar refractivity (Wildman–Crippen MR) is 127 cm³/mol. The minimum absolute atomic E-state index is 0.0128. The van der Waals surface area contributed by atoms with Gasteiger partial charge in [-0.05, 0) is 17.7 Å². The number of anilines is 1. The first kappa shape index (κ1) is 24.0. The molecule has 0 fully saturated rings. The van der Waals surface area contributed by atoms with Crippen LogP contribution in [0.1, 0.15) is 18.2 Å². The van der Waals surface area contributed by atoms with E-state index in [4.69, 9.17) is 0 Å². The summed E-state index contributed by atoms with van der Waals surface area (Å²) >= 11 is 3.93. The Balaban J connectivity index is 1.47. The molecule has 0 aliphatic heterocycles. The third-order valence-corrected chi connectivity index (χ3v) is 6.68. The summed E-state index contributed by atoms with van der Waals surface area (Å²) in [6.07, 6.45) is 0.708. The van der Waals surface area contributed by atoms with Gasteiger partial charge in [-0.2, -0.15) is 0 Å². The highest BCUT2D eigenvalue weighted by molar-refractivity contribution is 8.01. The second kappa shape index (κ2) is 12.4. The Kier molecular flexibility index (Phi) is 9.26. The molecule has 0 bridgehead atoms. The third kappa shape index (κ3) is 8.09. The van der Waals surface area contributed by atoms with Crippen molar-refractivity contribution in [3.05, 3.63) is 58.0 Å². The molecule has 2 heterocycles. The van der Waals surface area contributed by atoms with E-state index in [0.717, 1.165) is 33.8 Å². The number of aromatic nitrogens is 4. The van der Waals surface area contributed by atoms with E-state index in [1.54, 1.807) is 11.8 Å². The maximum Gasteiger partial charge on any atom is 0.251 e. The lowest BCUT2D eigenvalue weighted by atomic mass is 10.1. The molecule has 0 unspecified atom stereocenters. The molecule has 32 heavy (non-hydrogen) atoms. The molecule has 0 saturated heterocycles. The van der Waals surface area contributed by atoms with Crippen molar-refractivity contribution in [1.29, 1.82) is 0 Å². The lowest BCUT2D eigenvalue weighted by Crippen LogP contribution is -2.28. The van der Waals surface area contributed by atoms with Crippen molar-refractivity contribution in [3.8, 4) is 0 Å². The molecule has 3 rings (SSSR count). The molecule has 9 nitrogen and oxygen atoms in total. The molecule has 12 heteroatoms. The Morgan fingerprint density at radius 3 is 2.72 bits per heavy atom. The van der Waals surface area contributed by atoms with E-state index in [1.807, 2.05) is 37.3 Å². The Morgan fingerprint density at radius 2 is 1.94 bits per heavy atom. The van der Waals surface area contributed by atoms with E-state index < -0.39 is 0 Å². The molecule has 0 aliphatic carbocycles. The van der Waals surface area contributed by atoms with Gasteiger partial charge >= 0.3 is 0 Å². The smallest absolute Gasteiger partial charge is 0.251 e. The maximum absolute atomic E-state index is 12.2. The van der Waals surface area contributed by atoms with Crippen molar-refractivity contribution in [3.63, 3.8) is 0 Å². The number of carbonyl (C=O) groups excluding carboxylic acids is 2. The molecular weight excluding hydrogens is 468 g/mol. The first-order valence-electron chi connectivity index (χ1n) is 9.81. The minimum Gasteiger partial charge on any atom is -0.355 e. The molecule has 2 aromatic heterocycles. The van der Waals surface area contributed by atoms with Crippen LogP contribution >= 0.6 is 34.9 Å². The first-order valence-corrected chi connectivity index (χ1v) is 12.6. The number of aromatic amines is 1. The predicted octanol–water partition coefficient (Wildman–Crippen LogP) is 2.37. The van der Waals surface area contributed by atoms with Gasteiger partial charge in [-0.1, -0.05) is 72.1 Å². The number of nitrogens with one attached hydrogen (secondary N) is 3. The van der Waals surface area contributed by atoms with Crippen molar-refractivity contribution in [2.24, 2.45) is 0 Å². The largest absolute Gasteiger partial charge is 0.355 e. The summed E-state index contributed by atoms with van der Waals surface area (Å²) < 4.78 is 0.788.